The van der Waals surface area contributed by atoms with Gasteiger partial charge in [-0.25, -0.2) is 0 Å². The van der Waals surface area contributed by atoms with E-state index in [1.54, 1.807) is 31.2 Å². The number of benzene rings is 1. The number of carbonyl (C=O) groups excluding carboxylic acids is 3. The molecule has 0 aliphatic rings. The molecule has 3 N–H and O–H groups in total. The molecule has 2 atom stereocenters. The van der Waals surface area contributed by atoms with Crippen LogP contribution in [0, 0.1) is 0 Å². The Morgan fingerprint density at radius 1 is 1.21 bits per heavy atom. The van der Waals surface area contributed by atoms with Crippen molar-refractivity contribution >= 4 is 28.6 Å². The fourth-order valence-electron chi connectivity index (χ4n) is 1.92. The Labute approximate surface area is 143 Å². The molecule has 0 aliphatic heterocycles. The first kappa shape index (κ1) is 19.8. The highest BCUT2D eigenvalue weighted by atomic mass is 32.2. The molecule has 0 saturated heterocycles. The summed E-state index contributed by atoms with van der Waals surface area (Å²) in [4.78, 5) is 35.1. The van der Waals surface area contributed by atoms with E-state index < -0.39 is 34.6 Å². The first-order valence-electron chi connectivity index (χ1n) is 7.61. The highest BCUT2D eigenvalue weighted by Gasteiger charge is 2.20. The van der Waals surface area contributed by atoms with Crippen molar-refractivity contribution in [2.45, 2.75) is 37.1 Å². The van der Waals surface area contributed by atoms with Gasteiger partial charge in [-0.05, 0) is 25.5 Å². The molecule has 0 radical (unpaired) electrons. The predicted octanol–water partition coefficient (Wildman–Crippen LogP) is 0.498. The molecule has 132 valence electrons. The normalized spacial score (nSPS) is 12.9. The number of nitrogens with two attached hydrogens (primary N) is 1. The van der Waals surface area contributed by atoms with Crippen LogP contribution in [0.2, 0.25) is 0 Å². The summed E-state index contributed by atoms with van der Waals surface area (Å²) in [5, 5.41) is 2.47. The molecular weight excluding hydrogens is 332 g/mol. The van der Waals surface area contributed by atoms with E-state index in [2.05, 4.69) is 5.32 Å². The van der Waals surface area contributed by atoms with Gasteiger partial charge < -0.3 is 15.8 Å². The number of hydrogen-bond donors (Lipinski definition) is 2. The van der Waals surface area contributed by atoms with Crippen LogP contribution < -0.4 is 11.1 Å². The third-order valence-electron chi connectivity index (χ3n) is 3.14. The van der Waals surface area contributed by atoms with Gasteiger partial charge in [-0.15, -0.1) is 0 Å². The minimum absolute atomic E-state index is 0.0684. The van der Waals surface area contributed by atoms with Gasteiger partial charge in [-0.3, -0.25) is 18.6 Å². The monoisotopic (exact) mass is 354 g/mol. The van der Waals surface area contributed by atoms with Crippen LogP contribution in [0.4, 0.5) is 0 Å². The zero-order valence-electron chi connectivity index (χ0n) is 13.5. The quantitative estimate of drug-likeness (QED) is 0.594. The van der Waals surface area contributed by atoms with Crippen LogP contribution in [-0.4, -0.2) is 40.4 Å². The molecule has 0 fully saturated rings. The summed E-state index contributed by atoms with van der Waals surface area (Å²) in [6.45, 7) is 1.92. The largest absolute Gasteiger partial charge is 0.466 e. The lowest BCUT2D eigenvalue weighted by molar-refractivity contribution is -0.144. The van der Waals surface area contributed by atoms with Crippen molar-refractivity contribution in [2.75, 3.05) is 12.4 Å². The van der Waals surface area contributed by atoms with Crippen LogP contribution in [0.3, 0.4) is 0 Å². The van der Waals surface area contributed by atoms with Gasteiger partial charge in [0.1, 0.15) is 6.04 Å². The highest BCUT2D eigenvalue weighted by molar-refractivity contribution is 7.85. The minimum atomic E-state index is -1.28. The molecule has 1 rings (SSSR count). The Bertz CT molecular complexity index is 591. The van der Waals surface area contributed by atoms with Crippen molar-refractivity contribution in [3.8, 4) is 0 Å². The van der Waals surface area contributed by atoms with Crippen LogP contribution in [-0.2, 0) is 29.9 Å². The maximum absolute atomic E-state index is 12.1. The van der Waals surface area contributed by atoms with Crippen molar-refractivity contribution in [1.82, 2.24) is 5.32 Å². The Balaban J connectivity index is 2.46. The summed E-state index contributed by atoms with van der Waals surface area (Å²) < 4.78 is 16.9. The van der Waals surface area contributed by atoms with Gasteiger partial charge in [-0.2, -0.15) is 0 Å². The Morgan fingerprint density at radius 3 is 2.46 bits per heavy atom. The highest BCUT2D eigenvalue weighted by Crippen LogP contribution is 2.08. The van der Waals surface area contributed by atoms with Gasteiger partial charge in [-0.1, -0.05) is 18.2 Å². The Morgan fingerprint density at radius 2 is 1.88 bits per heavy atom. The van der Waals surface area contributed by atoms with E-state index in [1.807, 2.05) is 6.07 Å². The molecule has 24 heavy (non-hydrogen) atoms. The number of rotatable bonds is 10. The van der Waals surface area contributed by atoms with Gasteiger partial charge in [0.15, 0.2) is 0 Å². The SMILES string of the molecule is CCOC(=O)CCC(=O)N[C@@H](CC[S@](=O)c1ccccc1)C(N)=O. The van der Waals surface area contributed by atoms with E-state index in [4.69, 9.17) is 10.5 Å². The van der Waals surface area contributed by atoms with Gasteiger partial charge in [0.05, 0.1) is 23.8 Å². The van der Waals surface area contributed by atoms with E-state index in [0.29, 0.717) is 4.90 Å². The van der Waals surface area contributed by atoms with E-state index in [1.165, 1.54) is 0 Å². The van der Waals surface area contributed by atoms with Gasteiger partial charge in [0, 0.05) is 17.1 Å². The number of nitrogens with one attached hydrogen (secondary N) is 1. The smallest absolute Gasteiger partial charge is 0.306 e. The average Bonchev–Trinajstić information content (AvgIpc) is 2.57. The summed E-state index contributed by atoms with van der Waals surface area (Å²) in [5.74, 6) is -1.47. The topological polar surface area (TPSA) is 116 Å². The third-order valence-corrected chi connectivity index (χ3v) is 4.54. The van der Waals surface area contributed by atoms with Crippen molar-refractivity contribution in [3.05, 3.63) is 30.3 Å². The standard InChI is InChI=1S/C16H22N2O5S/c1-2-23-15(20)9-8-14(19)18-13(16(17)21)10-11-24(22)12-6-4-3-5-7-12/h3-7,13H,2,8-11H2,1H3,(H2,17,21)(H,18,19)/t13-,24-/m0/s1. The summed E-state index contributed by atoms with van der Waals surface area (Å²) in [5.41, 5.74) is 5.27. The second-order valence-corrected chi connectivity index (χ2v) is 6.55. The van der Waals surface area contributed by atoms with Crippen LogP contribution in [0.5, 0.6) is 0 Å². The molecule has 1 aromatic carbocycles. The predicted molar refractivity (Wildman–Crippen MR) is 89.3 cm³/mol. The number of amides is 2. The summed E-state index contributed by atoms with van der Waals surface area (Å²) >= 11 is 0. The molecule has 0 bridgehead atoms. The lowest BCUT2D eigenvalue weighted by atomic mass is 10.2. The number of esters is 1. The van der Waals surface area contributed by atoms with Crippen molar-refractivity contribution in [3.63, 3.8) is 0 Å². The van der Waals surface area contributed by atoms with E-state index in [9.17, 15) is 18.6 Å². The summed E-state index contributed by atoms with van der Waals surface area (Å²) in [6, 6.07) is 7.90. The molecule has 8 heteroatoms. The van der Waals surface area contributed by atoms with Crippen LogP contribution in [0.15, 0.2) is 35.2 Å². The zero-order valence-corrected chi connectivity index (χ0v) is 14.3. The van der Waals surface area contributed by atoms with Gasteiger partial charge in [0.25, 0.3) is 0 Å². The molecule has 0 aliphatic carbocycles. The fraction of sp³-hybridized carbons (Fsp3) is 0.438. The number of hydrogen-bond acceptors (Lipinski definition) is 5. The first-order valence-corrected chi connectivity index (χ1v) is 8.93. The third kappa shape index (κ3) is 7.36. The van der Waals surface area contributed by atoms with Crippen LogP contribution >= 0.6 is 0 Å². The van der Waals surface area contributed by atoms with Crippen LogP contribution in [0.1, 0.15) is 26.2 Å². The van der Waals surface area contributed by atoms with E-state index in [-0.39, 0.29) is 31.6 Å². The van der Waals surface area contributed by atoms with Crippen LogP contribution in [0.25, 0.3) is 0 Å². The van der Waals surface area contributed by atoms with Crippen molar-refractivity contribution < 1.29 is 23.3 Å². The zero-order chi connectivity index (χ0) is 17.9. The van der Waals surface area contributed by atoms with Gasteiger partial charge in [0.2, 0.25) is 11.8 Å². The first-order chi connectivity index (χ1) is 11.4. The van der Waals surface area contributed by atoms with Gasteiger partial charge >= 0.3 is 5.97 Å². The molecule has 0 unspecified atom stereocenters. The second kappa shape index (κ2) is 10.5. The minimum Gasteiger partial charge on any atom is -0.466 e. The molecule has 0 spiro atoms. The molecule has 0 aromatic heterocycles. The van der Waals surface area contributed by atoms with Crippen molar-refractivity contribution in [1.29, 1.82) is 0 Å². The molecule has 2 amide bonds. The molecular formula is C16H22N2O5S. The van der Waals surface area contributed by atoms with Crippen molar-refractivity contribution in [2.24, 2.45) is 5.73 Å². The average molecular weight is 354 g/mol. The lowest BCUT2D eigenvalue weighted by Crippen LogP contribution is -2.45. The lowest BCUT2D eigenvalue weighted by Gasteiger charge is -2.15. The maximum Gasteiger partial charge on any atom is 0.306 e. The fourth-order valence-corrected chi connectivity index (χ4v) is 3.06. The Hall–Kier alpha value is -2.22. The van der Waals surface area contributed by atoms with E-state index >= 15 is 0 Å². The summed E-state index contributed by atoms with van der Waals surface area (Å²) in [7, 11) is -1.28. The molecule has 0 saturated carbocycles. The Kier molecular flexibility index (Phi) is 8.70. The number of primary amides is 1. The number of carbonyl (C=O) groups is 3. The maximum atomic E-state index is 12.1. The second-order valence-electron chi connectivity index (χ2n) is 4.98. The molecule has 7 nitrogen and oxygen atoms in total. The number of ether oxygens (including phenoxy) is 1. The summed E-state index contributed by atoms with van der Waals surface area (Å²) in [6.07, 6.45) is -0.00647. The van der Waals surface area contributed by atoms with E-state index in [0.717, 1.165) is 0 Å². The molecule has 0 heterocycles. The molecule has 1 aromatic rings.